The Labute approximate surface area is 119 Å². The molecule has 2 N–H and O–H groups in total. The lowest BCUT2D eigenvalue weighted by Gasteiger charge is -2.15. The van der Waals surface area contributed by atoms with Gasteiger partial charge in [-0.25, -0.2) is 0 Å². The summed E-state index contributed by atoms with van der Waals surface area (Å²) in [5.74, 6) is -0.0526. The Morgan fingerprint density at radius 1 is 1.16 bits per heavy atom. The molecule has 1 unspecified atom stereocenters. The van der Waals surface area contributed by atoms with Crippen LogP contribution in [0.15, 0.2) is 29.2 Å². The van der Waals surface area contributed by atoms with Crippen LogP contribution >= 0.6 is 12.6 Å². The molecular weight excluding hydrogens is 260 g/mol. The van der Waals surface area contributed by atoms with Crippen molar-refractivity contribution in [1.82, 2.24) is 10.6 Å². The largest absolute Gasteiger partial charge is 0.354 e. The van der Waals surface area contributed by atoms with Gasteiger partial charge in [0.2, 0.25) is 5.91 Å². The molecule has 1 aromatic rings. The minimum absolute atomic E-state index is 0.173. The lowest BCUT2D eigenvalue weighted by molar-refractivity contribution is -0.122. The van der Waals surface area contributed by atoms with Crippen molar-refractivity contribution in [2.75, 3.05) is 6.54 Å². The molecule has 0 fully saturated rings. The SMILES string of the molecule is CC(C)CNC(=O)C(C)NC(=O)c1ccc(S)cc1. The van der Waals surface area contributed by atoms with Crippen LogP contribution in [-0.4, -0.2) is 24.4 Å². The van der Waals surface area contributed by atoms with E-state index < -0.39 is 6.04 Å². The minimum Gasteiger partial charge on any atom is -0.354 e. The summed E-state index contributed by atoms with van der Waals surface area (Å²) in [6.45, 7) is 6.30. The molecular formula is C14H20N2O2S. The van der Waals surface area contributed by atoms with Crippen molar-refractivity contribution in [2.24, 2.45) is 5.92 Å². The minimum atomic E-state index is -0.554. The normalized spacial score (nSPS) is 12.1. The average Bonchev–Trinajstić information content (AvgIpc) is 2.36. The maximum Gasteiger partial charge on any atom is 0.251 e. The van der Waals surface area contributed by atoms with Gasteiger partial charge >= 0.3 is 0 Å². The van der Waals surface area contributed by atoms with Gasteiger partial charge in [0.25, 0.3) is 5.91 Å². The van der Waals surface area contributed by atoms with Gasteiger partial charge in [-0.15, -0.1) is 12.6 Å². The molecule has 0 saturated heterocycles. The molecule has 1 aromatic carbocycles. The molecule has 2 amide bonds. The number of hydrogen-bond acceptors (Lipinski definition) is 3. The third-order valence-electron chi connectivity index (χ3n) is 2.55. The van der Waals surface area contributed by atoms with Gasteiger partial charge in [-0.3, -0.25) is 9.59 Å². The van der Waals surface area contributed by atoms with E-state index in [0.29, 0.717) is 18.0 Å². The van der Waals surface area contributed by atoms with E-state index in [4.69, 9.17) is 0 Å². The van der Waals surface area contributed by atoms with Gasteiger partial charge in [-0.05, 0) is 37.1 Å². The summed E-state index contributed by atoms with van der Waals surface area (Å²) in [6, 6.07) is 6.28. The van der Waals surface area contributed by atoms with Gasteiger partial charge in [-0.2, -0.15) is 0 Å². The summed E-state index contributed by atoms with van der Waals surface area (Å²) < 4.78 is 0. The van der Waals surface area contributed by atoms with Crippen LogP contribution in [0.1, 0.15) is 31.1 Å². The van der Waals surface area contributed by atoms with Gasteiger partial charge in [0.1, 0.15) is 6.04 Å². The molecule has 0 aliphatic heterocycles. The van der Waals surface area contributed by atoms with Gasteiger partial charge in [-0.1, -0.05) is 13.8 Å². The Kier molecular flexibility index (Phi) is 5.89. The van der Waals surface area contributed by atoms with Crippen LogP contribution in [0.25, 0.3) is 0 Å². The Morgan fingerprint density at radius 3 is 2.26 bits per heavy atom. The Morgan fingerprint density at radius 2 is 1.74 bits per heavy atom. The highest BCUT2D eigenvalue weighted by atomic mass is 32.1. The van der Waals surface area contributed by atoms with E-state index in [1.54, 1.807) is 31.2 Å². The highest BCUT2D eigenvalue weighted by Gasteiger charge is 2.16. The molecule has 0 aliphatic carbocycles. The second-order valence-electron chi connectivity index (χ2n) is 4.88. The standard InChI is InChI=1S/C14H20N2O2S/c1-9(2)8-15-13(17)10(3)16-14(18)11-4-6-12(19)7-5-11/h4-7,9-10,19H,8H2,1-3H3,(H,15,17)(H,16,18). The van der Waals surface area contributed by atoms with Crippen LogP contribution < -0.4 is 10.6 Å². The fourth-order valence-corrected chi connectivity index (χ4v) is 1.57. The van der Waals surface area contributed by atoms with Gasteiger partial charge < -0.3 is 10.6 Å². The smallest absolute Gasteiger partial charge is 0.251 e. The summed E-state index contributed by atoms with van der Waals surface area (Å²) in [5.41, 5.74) is 0.515. The molecule has 0 heterocycles. The van der Waals surface area contributed by atoms with Crippen molar-refractivity contribution < 1.29 is 9.59 Å². The predicted octanol–water partition coefficient (Wildman–Crippen LogP) is 1.87. The van der Waals surface area contributed by atoms with Gasteiger partial charge in [0.15, 0.2) is 0 Å². The van der Waals surface area contributed by atoms with E-state index in [1.807, 2.05) is 13.8 Å². The number of hydrogen-bond donors (Lipinski definition) is 3. The highest BCUT2D eigenvalue weighted by Crippen LogP contribution is 2.07. The highest BCUT2D eigenvalue weighted by molar-refractivity contribution is 7.80. The molecule has 5 heteroatoms. The zero-order chi connectivity index (χ0) is 14.4. The molecule has 0 aliphatic rings. The molecule has 1 atom stereocenters. The third kappa shape index (κ3) is 5.34. The molecule has 4 nitrogen and oxygen atoms in total. The van der Waals surface area contributed by atoms with E-state index in [-0.39, 0.29) is 11.8 Å². The summed E-state index contributed by atoms with van der Waals surface area (Å²) in [5, 5.41) is 5.45. The fraction of sp³-hybridized carbons (Fsp3) is 0.429. The van der Waals surface area contributed by atoms with Crippen LogP contribution in [0.2, 0.25) is 0 Å². The van der Waals surface area contributed by atoms with Crippen molar-refractivity contribution in [3.8, 4) is 0 Å². The first-order chi connectivity index (χ1) is 8.90. The van der Waals surface area contributed by atoms with Crippen LogP contribution in [0, 0.1) is 5.92 Å². The zero-order valence-corrected chi connectivity index (χ0v) is 12.3. The maximum atomic E-state index is 11.9. The lowest BCUT2D eigenvalue weighted by Crippen LogP contribution is -2.45. The van der Waals surface area contributed by atoms with Crippen molar-refractivity contribution >= 4 is 24.4 Å². The van der Waals surface area contributed by atoms with E-state index in [9.17, 15) is 9.59 Å². The summed E-state index contributed by atoms with van der Waals surface area (Å²) in [6.07, 6.45) is 0. The van der Waals surface area contributed by atoms with Crippen LogP contribution in [-0.2, 0) is 4.79 Å². The van der Waals surface area contributed by atoms with Gasteiger partial charge in [0.05, 0.1) is 0 Å². The van der Waals surface area contributed by atoms with Crippen LogP contribution in [0.3, 0.4) is 0 Å². The van der Waals surface area contributed by atoms with Gasteiger partial charge in [0, 0.05) is 17.0 Å². The zero-order valence-electron chi connectivity index (χ0n) is 11.4. The summed E-state index contributed by atoms with van der Waals surface area (Å²) in [7, 11) is 0. The molecule has 0 bridgehead atoms. The van der Waals surface area contributed by atoms with E-state index in [1.165, 1.54) is 0 Å². The second kappa shape index (κ2) is 7.19. The first-order valence-electron chi connectivity index (χ1n) is 6.27. The van der Waals surface area contributed by atoms with E-state index >= 15 is 0 Å². The number of nitrogens with one attached hydrogen (secondary N) is 2. The number of amides is 2. The number of carbonyl (C=O) groups is 2. The van der Waals surface area contributed by atoms with Crippen molar-refractivity contribution in [2.45, 2.75) is 31.7 Å². The lowest BCUT2D eigenvalue weighted by atomic mass is 10.2. The van der Waals surface area contributed by atoms with Crippen molar-refractivity contribution in [1.29, 1.82) is 0 Å². The fourth-order valence-electron chi connectivity index (χ4n) is 1.42. The molecule has 0 saturated carbocycles. The second-order valence-corrected chi connectivity index (χ2v) is 5.40. The quantitative estimate of drug-likeness (QED) is 0.721. The Hall–Kier alpha value is -1.49. The third-order valence-corrected chi connectivity index (χ3v) is 2.85. The van der Waals surface area contributed by atoms with Crippen molar-refractivity contribution in [3.05, 3.63) is 29.8 Å². The van der Waals surface area contributed by atoms with Crippen LogP contribution in [0.5, 0.6) is 0 Å². The van der Waals surface area contributed by atoms with E-state index in [2.05, 4.69) is 23.3 Å². The first-order valence-corrected chi connectivity index (χ1v) is 6.72. The molecule has 0 radical (unpaired) electrons. The molecule has 1 rings (SSSR count). The number of rotatable bonds is 5. The topological polar surface area (TPSA) is 58.2 Å². The summed E-state index contributed by atoms with van der Waals surface area (Å²) >= 11 is 4.15. The number of thiol groups is 1. The maximum absolute atomic E-state index is 11.9. The molecule has 0 spiro atoms. The Bertz CT molecular complexity index is 443. The van der Waals surface area contributed by atoms with E-state index in [0.717, 1.165) is 4.90 Å². The Balaban J connectivity index is 2.51. The molecule has 0 aromatic heterocycles. The average molecular weight is 280 g/mol. The predicted molar refractivity (Wildman–Crippen MR) is 78.5 cm³/mol. The molecule has 19 heavy (non-hydrogen) atoms. The molecule has 104 valence electrons. The summed E-state index contributed by atoms with van der Waals surface area (Å²) in [4.78, 5) is 24.4. The number of carbonyl (C=O) groups excluding carboxylic acids is 2. The van der Waals surface area contributed by atoms with Crippen LogP contribution in [0.4, 0.5) is 0 Å². The monoisotopic (exact) mass is 280 g/mol. The van der Waals surface area contributed by atoms with Crippen molar-refractivity contribution in [3.63, 3.8) is 0 Å². The number of benzene rings is 1. The first kappa shape index (κ1) is 15.6.